The Kier molecular flexibility index (Phi) is 3.49. The Morgan fingerprint density at radius 3 is 3.17 bits per heavy atom. The Bertz CT molecular complexity index is 759. The third kappa shape index (κ3) is 2.57. The summed E-state index contributed by atoms with van der Waals surface area (Å²) in [7, 11) is 0. The molecular formula is C16H16N4O2S. The maximum absolute atomic E-state index is 12.6. The number of rotatable bonds is 3. The Labute approximate surface area is 137 Å². The number of carbonyl (C=O) groups is 2. The highest BCUT2D eigenvalue weighted by Gasteiger charge is 2.32. The van der Waals surface area contributed by atoms with Crippen LogP contribution >= 0.6 is 11.3 Å². The Balaban J connectivity index is 1.52. The van der Waals surface area contributed by atoms with Crippen LogP contribution in [0.1, 0.15) is 28.8 Å². The standard InChI is InChI=1S/C16H16N4O2S/c21-14-12-8-11(4-3-10(12)9-18-14)19-15(22)13-2-1-6-20(13)16-17-5-7-23-16/h3-5,7-8,13H,1-2,6,9H2,(H,18,21)(H,19,22). The summed E-state index contributed by atoms with van der Waals surface area (Å²) in [5, 5.41) is 8.53. The number of hydrogen-bond donors (Lipinski definition) is 2. The first-order valence-corrected chi connectivity index (χ1v) is 8.48. The fourth-order valence-electron chi connectivity index (χ4n) is 3.14. The van der Waals surface area contributed by atoms with E-state index in [1.165, 1.54) is 0 Å². The van der Waals surface area contributed by atoms with Crippen LogP contribution in [-0.4, -0.2) is 29.4 Å². The van der Waals surface area contributed by atoms with Crippen LogP contribution in [-0.2, 0) is 11.3 Å². The van der Waals surface area contributed by atoms with Gasteiger partial charge in [-0.15, -0.1) is 11.3 Å². The van der Waals surface area contributed by atoms with E-state index in [0.29, 0.717) is 17.8 Å². The number of thiazole rings is 1. The molecule has 1 aromatic heterocycles. The monoisotopic (exact) mass is 328 g/mol. The van der Waals surface area contributed by atoms with Crippen molar-refractivity contribution in [1.82, 2.24) is 10.3 Å². The minimum atomic E-state index is -0.205. The largest absolute Gasteiger partial charge is 0.348 e. The Hall–Kier alpha value is -2.41. The molecule has 23 heavy (non-hydrogen) atoms. The number of nitrogens with zero attached hydrogens (tertiary/aromatic N) is 2. The third-order valence-electron chi connectivity index (χ3n) is 4.28. The second-order valence-corrected chi connectivity index (χ2v) is 6.58. The lowest BCUT2D eigenvalue weighted by atomic mass is 10.1. The molecular weight excluding hydrogens is 312 g/mol. The molecule has 1 unspecified atom stereocenters. The summed E-state index contributed by atoms with van der Waals surface area (Å²) in [4.78, 5) is 30.7. The molecule has 1 aromatic carbocycles. The maximum Gasteiger partial charge on any atom is 0.251 e. The molecule has 1 fully saturated rings. The number of aromatic nitrogens is 1. The van der Waals surface area contributed by atoms with E-state index in [0.717, 1.165) is 30.1 Å². The molecule has 118 valence electrons. The first-order valence-electron chi connectivity index (χ1n) is 7.60. The second kappa shape index (κ2) is 5.66. The molecule has 0 bridgehead atoms. The number of anilines is 2. The fourth-order valence-corrected chi connectivity index (χ4v) is 3.86. The van der Waals surface area contributed by atoms with Gasteiger partial charge in [0.25, 0.3) is 5.91 Å². The number of hydrogen-bond acceptors (Lipinski definition) is 5. The molecule has 0 spiro atoms. The summed E-state index contributed by atoms with van der Waals surface area (Å²) in [5.41, 5.74) is 2.28. The fraction of sp³-hybridized carbons (Fsp3) is 0.312. The molecule has 3 heterocycles. The molecule has 2 aliphatic rings. The number of carbonyl (C=O) groups excluding carboxylic acids is 2. The predicted molar refractivity (Wildman–Crippen MR) is 88.7 cm³/mol. The van der Waals surface area contributed by atoms with Crippen molar-refractivity contribution in [1.29, 1.82) is 0 Å². The predicted octanol–water partition coefficient (Wildman–Crippen LogP) is 1.99. The van der Waals surface area contributed by atoms with Crippen molar-refractivity contribution < 1.29 is 9.59 Å². The number of fused-ring (bicyclic) bond motifs is 1. The maximum atomic E-state index is 12.6. The van der Waals surface area contributed by atoms with Crippen molar-refractivity contribution in [2.45, 2.75) is 25.4 Å². The molecule has 0 radical (unpaired) electrons. The normalized spacial score (nSPS) is 19.6. The average molecular weight is 328 g/mol. The van der Waals surface area contributed by atoms with Crippen molar-refractivity contribution >= 4 is 34.0 Å². The molecule has 2 aromatic rings. The van der Waals surface area contributed by atoms with Crippen LogP contribution in [0, 0.1) is 0 Å². The quantitative estimate of drug-likeness (QED) is 0.904. The topological polar surface area (TPSA) is 74.3 Å². The molecule has 1 atom stereocenters. The smallest absolute Gasteiger partial charge is 0.251 e. The van der Waals surface area contributed by atoms with Crippen LogP contribution in [0.2, 0.25) is 0 Å². The summed E-state index contributed by atoms with van der Waals surface area (Å²) in [6.07, 6.45) is 3.55. The van der Waals surface area contributed by atoms with Crippen molar-refractivity contribution in [3.63, 3.8) is 0 Å². The van der Waals surface area contributed by atoms with Crippen molar-refractivity contribution in [2.24, 2.45) is 0 Å². The van der Waals surface area contributed by atoms with Crippen molar-refractivity contribution in [2.75, 3.05) is 16.8 Å². The van der Waals surface area contributed by atoms with E-state index in [1.807, 2.05) is 17.5 Å². The van der Waals surface area contributed by atoms with Crippen LogP contribution in [0.5, 0.6) is 0 Å². The van der Waals surface area contributed by atoms with Crippen LogP contribution in [0.25, 0.3) is 0 Å². The number of amides is 2. The van der Waals surface area contributed by atoms with E-state index in [-0.39, 0.29) is 17.9 Å². The van der Waals surface area contributed by atoms with E-state index >= 15 is 0 Å². The lowest BCUT2D eigenvalue weighted by molar-refractivity contribution is -0.117. The average Bonchev–Trinajstić information content (AvgIpc) is 3.27. The van der Waals surface area contributed by atoms with E-state index in [9.17, 15) is 9.59 Å². The minimum Gasteiger partial charge on any atom is -0.348 e. The van der Waals surface area contributed by atoms with Gasteiger partial charge in [-0.2, -0.15) is 0 Å². The summed E-state index contributed by atoms with van der Waals surface area (Å²) in [6, 6.07) is 5.27. The SMILES string of the molecule is O=C1NCc2ccc(NC(=O)C3CCCN3c3nccs3)cc21. The molecule has 0 saturated carbocycles. The summed E-state index contributed by atoms with van der Waals surface area (Å²) < 4.78 is 0. The molecule has 7 heteroatoms. The molecule has 2 N–H and O–H groups in total. The Morgan fingerprint density at radius 2 is 2.35 bits per heavy atom. The molecule has 0 aliphatic carbocycles. The van der Waals surface area contributed by atoms with E-state index in [2.05, 4.69) is 20.5 Å². The highest BCUT2D eigenvalue weighted by Crippen LogP contribution is 2.28. The van der Waals surface area contributed by atoms with Gasteiger partial charge >= 0.3 is 0 Å². The van der Waals surface area contributed by atoms with Crippen LogP contribution in [0.4, 0.5) is 10.8 Å². The van der Waals surface area contributed by atoms with Crippen LogP contribution in [0.15, 0.2) is 29.8 Å². The van der Waals surface area contributed by atoms with Gasteiger partial charge in [0.2, 0.25) is 5.91 Å². The Morgan fingerprint density at radius 1 is 1.43 bits per heavy atom. The van der Waals surface area contributed by atoms with Gasteiger partial charge in [0.15, 0.2) is 5.13 Å². The van der Waals surface area contributed by atoms with Gasteiger partial charge < -0.3 is 15.5 Å². The first kappa shape index (κ1) is 14.2. The lowest BCUT2D eigenvalue weighted by Gasteiger charge is -2.23. The molecule has 2 aliphatic heterocycles. The zero-order valence-corrected chi connectivity index (χ0v) is 13.2. The number of nitrogens with one attached hydrogen (secondary N) is 2. The van der Waals surface area contributed by atoms with Gasteiger partial charge in [0.05, 0.1) is 0 Å². The second-order valence-electron chi connectivity index (χ2n) is 5.71. The van der Waals surface area contributed by atoms with E-state index in [1.54, 1.807) is 23.6 Å². The van der Waals surface area contributed by atoms with E-state index < -0.39 is 0 Å². The van der Waals surface area contributed by atoms with E-state index in [4.69, 9.17) is 0 Å². The van der Waals surface area contributed by atoms with Crippen LogP contribution in [0.3, 0.4) is 0 Å². The first-order chi connectivity index (χ1) is 11.2. The van der Waals surface area contributed by atoms with Gasteiger partial charge in [0.1, 0.15) is 6.04 Å². The highest BCUT2D eigenvalue weighted by atomic mass is 32.1. The highest BCUT2D eigenvalue weighted by molar-refractivity contribution is 7.13. The van der Waals surface area contributed by atoms with Gasteiger partial charge in [-0.1, -0.05) is 6.07 Å². The summed E-state index contributed by atoms with van der Waals surface area (Å²) in [6.45, 7) is 1.40. The van der Waals surface area contributed by atoms with Gasteiger partial charge in [-0.3, -0.25) is 9.59 Å². The van der Waals surface area contributed by atoms with Gasteiger partial charge in [-0.05, 0) is 30.5 Å². The lowest BCUT2D eigenvalue weighted by Crippen LogP contribution is -2.39. The van der Waals surface area contributed by atoms with Crippen molar-refractivity contribution in [3.05, 3.63) is 40.9 Å². The summed E-state index contributed by atoms with van der Waals surface area (Å²) >= 11 is 1.55. The third-order valence-corrected chi connectivity index (χ3v) is 5.09. The molecule has 4 rings (SSSR count). The zero-order chi connectivity index (χ0) is 15.8. The number of benzene rings is 1. The van der Waals surface area contributed by atoms with Crippen molar-refractivity contribution in [3.8, 4) is 0 Å². The van der Waals surface area contributed by atoms with Gasteiger partial charge in [0, 0.05) is 35.9 Å². The molecule has 1 saturated heterocycles. The zero-order valence-electron chi connectivity index (χ0n) is 12.4. The van der Waals surface area contributed by atoms with Crippen LogP contribution < -0.4 is 15.5 Å². The molecule has 2 amide bonds. The molecule has 6 nitrogen and oxygen atoms in total. The summed E-state index contributed by atoms with van der Waals surface area (Å²) in [5.74, 6) is -0.127. The van der Waals surface area contributed by atoms with Gasteiger partial charge in [-0.25, -0.2) is 4.98 Å². The minimum absolute atomic E-state index is 0.0453.